The number of benzene rings is 1. The number of nitrogens with one attached hydrogen (secondary N) is 1. The van der Waals surface area contributed by atoms with Gasteiger partial charge in [-0.2, -0.15) is 4.84 Å². The van der Waals surface area contributed by atoms with Crippen molar-refractivity contribution >= 4 is 17.9 Å². The third-order valence-electron chi connectivity index (χ3n) is 1.83. The van der Waals surface area contributed by atoms with Gasteiger partial charge in [0, 0.05) is 6.08 Å². The Hall–Kier alpha value is -2.35. The molecule has 0 aromatic heterocycles. The second-order valence-electron chi connectivity index (χ2n) is 3.30. The van der Waals surface area contributed by atoms with Crippen LogP contribution >= 0.6 is 0 Å². The molecule has 0 radical (unpaired) electrons. The molecular formula is C11H10F3N3O2. The number of carbonyl (C=O) groups excluding carboxylic acids is 1. The number of hydroxylamine groups is 2. The average molecular weight is 273 g/mol. The van der Waals surface area contributed by atoms with Crippen molar-refractivity contribution in [2.45, 2.75) is 6.36 Å². The van der Waals surface area contributed by atoms with E-state index in [1.807, 2.05) is 0 Å². The predicted molar refractivity (Wildman–Crippen MR) is 61.4 cm³/mol. The van der Waals surface area contributed by atoms with Gasteiger partial charge in [-0.15, -0.1) is 18.2 Å². The lowest BCUT2D eigenvalue weighted by atomic mass is 10.2. The molecule has 0 aliphatic rings. The molecule has 0 fully saturated rings. The van der Waals surface area contributed by atoms with Crippen molar-refractivity contribution in [1.29, 1.82) is 5.41 Å². The summed E-state index contributed by atoms with van der Waals surface area (Å²) in [6.45, 7) is 0. The van der Waals surface area contributed by atoms with Crippen molar-refractivity contribution < 1.29 is 22.8 Å². The number of guanidine groups is 1. The molecule has 0 saturated carbocycles. The first-order chi connectivity index (χ1) is 8.79. The summed E-state index contributed by atoms with van der Waals surface area (Å²) in [6.07, 6.45) is -3.01. The summed E-state index contributed by atoms with van der Waals surface area (Å²) in [5.41, 5.74) is 5.45. The molecule has 1 aromatic carbocycles. The highest BCUT2D eigenvalue weighted by Gasteiger charge is 2.36. The van der Waals surface area contributed by atoms with Gasteiger partial charge in [-0.1, -0.05) is 30.3 Å². The van der Waals surface area contributed by atoms with Crippen LogP contribution in [0.15, 0.2) is 36.4 Å². The molecule has 0 unspecified atom stereocenters. The number of halogens is 3. The van der Waals surface area contributed by atoms with Crippen molar-refractivity contribution in [2.24, 2.45) is 5.73 Å². The summed E-state index contributed by atoms with van der Waals surface area (Å²) < 4.78 is 36.0. The maximum atomic E-state index is 12.0. The fraction of sp³-hybridized carbons (Fsp3) is 0.0909. The molecule has 0 heterocycles. The maximum Gasteiger partial charge on any atom is 0.544 e. The Morgan fingerprint density at radius 3 is 2.37 bits per heavy atom. The zero-order chi connectivity index (χ0) is 14.5. The van der Waals surface area contributed by atoms with E-state index in [2.05, 4.69) is 4.84 Å². The van der Waals surface area contributed by atoms with Gasteiger partial charge in [0.1, 0.15) is 0 Å². The zero-order valence-electron chi connectivity index (χ0n) is 9.52. The second kappa shape index (κ2) is 6.01. The van der Waals surface area contributed by atoms with Crippen LogP contribution in [0.1, 0.15) is 5.56 Å². The Morgan fingerprint density at radius 1 is 1.32 bits per heavy atom. The van der Waals surface area contributed by atoms with Gasteiger partial charge in [0.2, 0.25) is 5.96 Å². The van der Waals surface area contributed by atoms with Crippen LogP contribution in [0.3, 0.4) is 0 Å². The van der Waals surface area contributed by atoms with E-state index >= 15 is 0 Å². The Morgan fingerprint density at radius 2 is 1.89 bits per heavy atom. The van der Waals surface area contributed by atoms with Crippen molar-refractivity contribution in [3.63, 3.8) is 0 Å². The normalized spacial score (nSPS) is 11.5. The standard InChI is InChI=1S/C11H10F3N3O2/c12-11(13,14)19-17(10(15)16)9(18)7-6-8-4-2-1-3-5-8/h1-7H,(H3,15,16). The van der Waals surface area contributed by atoms with E-state index in [0.717, 1.165) is 6.08 Å². The van der Waals surface area contributed by atoms with Crippen LogP contribution < -0.4 is 5.73 Å². The lowest BCUT2D eigenvalue weighted by molar-refractivity contribution is -0.385. The lowest BCUT2D eigenvalue weighted by Crippen LogP contribution is -2.43. The molecule has 3 N–H and O–H groups in total. The van der Waals surface area contributed by atoms with E-state index in [1.165, 1.54) is 6.08 Å². The highest BCUT2D eigenvalue weighted by atomic mass is 19.4. The van der Waals surface area contributed by atoms with Crippen LogP contribution in [-0.4, -0.2) is 23.3 Å². The minimum absolute atomic E-state index is 0.348. The van der Waals surface area contributed by atoms with E-state index in [1.54, 1.807) is 30.3 Å². The van der Waals surface area contributed by atoms with Crippen LogP contribution in [0.25, 0.3) is 6.08 Å². The van der Waals surface area contributed by atoms with Gasteiger partial charge in [0.25, 0.3) is 5.91 Å². The summed E-state index contributed by atoms with van der Waals surface area (Å²) in [4.78, 5) is 14.8. The van der Waals surface area contributed by atoms with Crippen LogP contribution in [0.2, 0.25) is 0 Å². The molecule has 5 nitrogen and oxygen atoms in total. The number of amides is 1. The lowest BCUT2D eigenvalue weighted by Gasteiger charge is -2.18. The molecule has 0 spiro atoms. The Balaban J connectivity index is 2.79. The number of nitrogens with zero attached hydrogens (tertiary/aromatic N) is 1. The summed E-state index contributed by atoms with van der Waals surface area (Å²) >= 11 is 0. The molecule has 19 heavy (non-hydrogen) atoms. The number of carbonyl (C=O) groups is 1. The van der Waals surface area contributed by atoms with Gasteiger partial charge in [-0.3, -0.25) is 10.2 Å². The fourth-order valence-corrected chi connectivity index (χ4v) is 1.12. The monoisotopic (exact) mass is 273 g/mol. The van der Waals surface area contributed by atoms with Crippen molar-refractivity contribution in [2.75, 3.05) is 0 Å². The summed E-state index contributed by atoms with van der Waals surface area (Å²) in [5, 5.41) is 6.52. The Labute approximate surface area is 106 Å². The smallest absolute Gasteiger partial charge is 0.368 e. The highest BCUT2D eigenvalue weighted by Crippen LogP contribution is 2.18. The first kappa shape index (κ1) is 14.7. The van der Waals surface area contributed by atoms with Crippen molar-refractivity contribution in [3.05, 3.63) is 42.0 Å². The third kappa shape index (κ3) is 5.21. The quantitative estimate of drug-likeness (QED) is 0.382. The molecular weight excluding hydrogens is 263 g/mol. The number of alkyl halides is 3. The van der Waals surface area contributed by atoms with Crippen LogP contribution in [0.4, 0.5) is 13.2 Å². The number of hydrogen-bond acceptors (Lipinski definition) is 3. The van der Waals surface area contributed by atoms with Gasteiger partial charge in [0.05, 0.1) is 0 Å². The van der Waals surface area contributed by atoms with Gasteiger partial charge >= 0.3 is 6.36 Å². The zero-order valence-corrected chi connectivity index (χ0v) is 9.52. The molecule has 102 valence electrons. The van der Waals surface area contributed by atoms with E-state index < -0.39 is 18.2 Å². The van der Waals surface area contributed by atoms with Crippen molar-refractivity contribution in [3.8, 4) is 0 Å². The minimum atomic E-state index is -5.11. The highest BCUT2D eigenvalue weighted by molar-refractivity contribution is 6.01. The molecule has 1 rings (SSSR count). The minimum Gasteiger partial charge on any atom is -0.368 e. The van der Waals surface area contributed by atoms with Crippen LogP contribution in [0, 0.1) is 5.41 Å². The molecule has 0 aliphatic carbocycles. The first-order valence-electron chi connectivity index (χ1n) is 4.97. The van der Waals surface area contributed by atoms with Crippen LogP contribution in [-0.2, 0) is 9.63 Å². The molecule has 0 bridgehead atoms. The molecule has 0 saturated heterocycles. The van der Waals surface area contributed by atoms with E-state index in [0.29, 0.717) is 5.56 Å². The molecule has 1 aromatic rings. The van der Waals surface area contributed by atoms with Gasteiger partial charge < -0.3 is 5.73 Å². The molecule has 8 heteroatoms. The van der Waals surface area contributed by atoms with E-state index in [9.17, 15) is 18.0 Å². The predicted octanol–water partition coefficient (Wildman–Crippen LogP) is 1.87. The first-order valence-corrected chi connectivity index (χ1v) is 4.97. The van der Waals surface area contributed by atoms with Crippen LogP contribution in [0.5, 0.6) is 0 Å². The molecule has 1 amide bonds. The van der Waals surface area contributed by atoms with E-state index in [-0.39, 0.29) is 5.06 Å². The van der Waals surface area contributed by atoms with Crippen molar-refractivity contribution in [1.82, 2.24) is 5.06 Å². The Kier molecular flexibility index (Phi) is 4.65. The molecule has 0 atom stereocenters. The number of hydrogen-bond donors (Lipinski definition) is 2. The second-order valence-corrected chi connectivity index (χ2v) is 3.30. The average Bonchev–Trinajstić information content (AvgIpc) is 2.33. The number of nitrogens with two attached hydrogens (primary N) is 1. The number of rotatable bonds is 3. The summed E-state index contributed by atoms with van der Waals surface area (Å²) in [6, 6.07) is 8.42. The topological polar surface area (TPSA) is 79.4 Å². The van der Waals surface area contributed by atoms with E-state index in [4.69, 9.17) is 11.1 Å². The van der Waals surface area contributed by atoms with Gasteiger partial charge in [-0.05, 0) is 11.6 Å². The van der Waals surface area contributed by atoms with Gasteiger partial charge in [-0.25, -0.2) is 0 Å². The fourth-order valence-electron chi connectivity index (χ4n) is 1.12. The summed E-state index contributed by atoms with van der Waals surface area (Å²) in [7, 11) is 0. The van der Waals surface area contributed by atoms with Gasteiger partial charge in [0.15, 0.2) is 0 Å². The largest absolute Gasteiger partial charge is 0.544 e. The SMILES string of the molecule is N=C(N)N(OC(F)(F)F)C(=O)C=Cc1ccccc1. The maximum absolute atomic E-state index is 12.0. The summed E-state index contributed by atoms with van der Waals surface area (Å²) in [5.74, 6) is -2.38. The molecule has 0 aliphatic heterocycles. The Bertz CT molecular complexity index is 486. The third-order valence-corrected chi connectivity index (χ3v) is 1.83.